The third kappa shape index (κ3) is 2.64. The van der Waals surface area contributed by atoms with E-state index in [4.69, 9.17) is 10.5 Å². The van der Waals surface area contributed by atoms with Crippen LogP contribution in [0.2, 0.25) is 0 Å². The maximum atomic E-state index is 11.7. The van der Waals surface area contributed by atoms with Crippen LogP contribution in [-0.2, 0) is 10.3 Å². The molecule has 116 valence electrons. The Morgan fingerprint density at radius 1 is 1.18 bits per heavy atom. The second kappa shape index (κ2) is 5.71. The second-order valence-corrected chi connectivity index (χ2v) is 6.17. The van der Waals surface area contributed by atoms with Crippen LogP contribution in [-0.4, -0.2) is 21.5 Å². The summed E-state index contributed by atoms with van der Waals surface area (Å²) in [6.07, 6.45) is 0.655. The van der Waals surface area contributed by atoms with Crippen molar-refractivity contribution in [2.75, 3.05) is 0 Å². The maximum Gasteiger partial charge on any atom is 0.405 e. The van der Waals surface area contributed by atoms with Crippen LogP contribution in [0, 0.1) is 12.3 Å². The minimum atomic E-state index is -1.15. The van der Waals surface area contributed by atoms with Crippen molar-refractivity contribution >= 4 is 6.09 Å². The molecule has 0 fully saturated rings. The zero-order chi connectivity index (χ0) is 16.4. The number of carbonyl (C=O) groups is 1. The van der Waals surface area contributed by atoms with Gasteiger partial charge in [0.25, 0.3) is 0 Å². The van der Waals surface area contributed by atoms with Crippen molar-refractivity contribution in [2.24, 2.45) is 11.1 Å². The maximum absolute atomic E-state index is 11.7. The van der Waals surface area contributed by atoms with E-state index in [1.807, 2.05) is 52.0 Å². The number of nitrogens with zero attached hydrogens (tertiary/aromatic N) is 3. The molecule has 1 heterocycles. The molecule has 2 N–H and O–H groups in total. The SMILES string of the molecule is Cc1ccccc1C(OC(N)=O)(c1ccnnn1)C(C)(C)C. The number of aromatic nitrogens is 3. The van der Waals surface area contributed by atoms with E-state index in [9.17, 15) is 4.79 Å². The van der Waals surface area contributed by atoms with E-state index in [1.165, 1.54) is 6.20 Å². The van der Waals surface area contributed by atoms with Crippen molar-refractivity contribution in [3.05, 3.63) is 53.3 Å². The molecule has 0 saturated carbocycles. The molecule has 1 unspecified atom stereocenters. The molecule has 0 radical (unpaired) electrons. The zero-order valence-electron chi connectivity index (χ0n) is 13.2. The Kier molecular flexibility index (Phi) is 4.12. The fourth-order valence-corrected chi connectivity index (χ4v) is 2.73. The number of carbonyl (C=O) groups excluding carboxylic acids is 1. The van der Waals surface area contributed by atoms with E-state index in [1.54, 1.807) is 6.07 Å². The first-order valence-electron chi connectivity index (χ1n) is 6.98. The van der Waals surface area contributed by atoms with Gasteiger partial charge in [-0.2, -0.15) is 0 Å². The van der Waals surface area contributed by atoms with Crippen LogP contribution in [0.5, 0.6) is 0 Å². The molecule has 22 heavy (non-hydrogen) atoms. The monoisotopic (exact) mass is 300 g/mol. The molecule has 6 heteroatoms. The third-order valence-electron chi connectivity index (χ3n) is 3.70. The van der Waals surface area contributed by atoms with Gasteiger partial charge in [-0.15, -0.1) is 10.2 Å². The summed E-state index contributed by atoms with van der Waals surface area (Å²) < 4.78 is 5.66. The summed E-state index contributed by atoms with van der Waals surface area (Å²) >= 11 is 0. The number of amides is 1. The number of nitrogens with two attached hydrogens (primary N) is 1. The van der Waals surface area contributed by atoms with Gasteiger partial charge in [-0.05, 0) is 23.8 Å². The third-order valence-corrected chi connectivity index (χ3v) is 3.70. The number of primary amides is 1. The molecule has 0 saturated heterocycles. The van der Waals surface area contributed by atoms with Crippen molar-refractivity contribution < 1.29 is 9.53 Å². The summed E-state index contributed by atoms with van der Waals surface area (Å²) in [4.78, 5) is 11.7. The smallest absolute Gasteiger partial charge is 0.405 e. The summed E-state index contributed by atoms with van der Waals surface area (Å²) in [7, 11) is 0. The minimum Gasteiger partial charge on any atom is -0.431 e. The number of hydrogen-bond donors (Lipinski definition) is 1. The lowest BCUT2D eigenvalue weighted by Gasteiger charge is -2.43. The predicted molar refractivity (Wildman–Crippen MR) is 81.9 cm³/mol. The summed E-state index contributed by atoms with van der Waals surface area (Å²) in [6.45, 7) is 7.84. The average molecular weight is 300 g/mol. The van der Waals surface area contributed by atoms with Gasteiger partial charge in [-0.25, -0.2) is 4.79 Å². The lowest BCUT2D eigenvalue weighted by atomic mass is 9.69. The largest absolute Gasteiger partial charge is 0.431 e. The van der Waals surface area contributed by atoms with Gasteiger partial charge in [0.1, 0.15) is 5.69 Å². The zero-order valence-corrected chi connectivity index (χ0v) is 13.2. The lowest BCUT2D eigenvalue weighted by molar-refractivity contribution is -0.0418. The van der Waals surface area contributed by atoms with Crippen LogP contribution in [0.25, 0.3) is 0 Å². The van der Waals surface area contributed by atoms with E-state index in [0.717, 1.165) is 11.1 Å². The van der Waals surface area contributed by atoms with Crippen molar-refractivity contribution in [2.45, 2.75) is 33.3 Å². The predicted octanol–water partition coefficient (Wildman–Crippen LogP) is 2.57. The number of benzene rings is 1. The van der Waals surface area contributed by atoms with Gasteiger partial charge >= 0.3 is 6.09 Å². The van der Waals surface area contributed by atoms with E-state index in [0.29, 0.717) is 5.69 Å². The van der Waals surface area contributed by atoms with Crippen LogP contribution in [0.15, 0.2) is 36.5 Å². The summed E-state index contributed by atoms with van der Waals surface area (Å²) in [6, 6.07) is 9.37. The molecular weight excluding hydrogens is 280 g/mol. The Morgan fingerprint density at radius 3 is 2.36 bits per heavy atom. The van der Waals surface area contributed by atoms with Crippen LogP contribution >= 0.6 is 0 Å². The molecule has 2 rings (SSSR count). The molecule has 1 aromatic heterocycles. The molecule has 0 aliphatic heterocycles. The quantitative estimate of drug-likeness (QED) is 0.940. The van der Waals surface area contributed by atoms with E-state index < -0.39 is 17.1 Å². The summed E-state index contributed by atoms with van der Waals surface area (Å²) in [5.74, 6) is 0. The molecule has 0 bridgehead atoms. The lowest BCUT2D eigenvalue weighted by Crippen LogP contribution is -2.47. The second-order valence-electron chi connectivity index (χ2n) is 6.17. The topological polar surface area (TPSA) is 91.0 Å². The average Bonchev–Trinajstić information content (AvgIpc) is 2.45. The minimum absolute atomic E-state index is 0.489. The van der Waals surface area contributed by atoms with Gasteiger partial charge in [0.2, 0.25) is 0 Å². The molecule has 0 aliphatic rings. The van der Waals surface area contributed by atoms with E-state index in [-0.39, 0.29) is 0 Å². The van der Waals surface area contributed by atoms with Crippen LogP contribution in [0.3, 0.4) is 0 Å². The summed E-state index contributed by atoms with van der Waals surface area (Å²) in [5, 5.41) is 11.5. The number of ether oxygens (including phenoxy) is 1. The van der Waals surface area contributed by atoms with Gasteiger partial charge in [0, 0.05) is 11.0 Å². The highest BCUT2D eigenvalue weighted by Crippen LogP contribution is 2.47. The first-order valence-corrected chi connectivity index (χ1v) is 6.98. The molecule has 6 nitrogen and oxygen atoms in total. The fourth-order valence-electron chi connectivity index (χ4n) is 2.73. The molecule has 1 aromatic carbocycles. The molecule has 0 spiro atoms. The van der Waals surface area contributed by atoms with Gasteiger partial charge in [-0.1, -0.05) is 45.0 Å². The fraction of sp³-hybridized carbons (Fsp3) is 0.375. The number of rotatable bonds is 3. The van der Waals surface area contributed by atoms with Gasteiger partial charge < -0.3 is 10.5 Å². The highest BCUT2D eigenvalue weighted by atomic mass is 16.6. The van der Waals surface area contributed by atoms with E-state index in [2.05, 4.69) is 15.4 Å². The van der Waals surface area contributed by atoms with Gasteiger partial charge in [-0.3, -0.25) is 0 Å². The first kappa shape index (κ1) is 15.9. The summed E-state index contributed by atoms with van der Waals surface area (Å²) in [5.41, 5.74) is 5.99. The normalized spacial score (nSPS) is 14.2. The Morgan fingerprint density at radius 2 is 1.86 bits per heavy atom. The Hall–Kier alpha value is -2.50. The molecule has 2 aromatic rings. The number of hydrogen-bond acceptors (Lipinski definition) is 5. The van der Waals surface area contributed by atoms with Crippen molar-refractivity contribution in [3.8, 4) is 0 Å². The molecular formula is C16H20N4O2. The van der Waals surface area contributed by atoms with Crippen molar-refractivity contribution in [1.82, 2.24) is 15.4 Å². The number of aryl methyl sites for hydroxylation is 1. The Labute approximate surface area is 129 Å². The van der Waals surface area contributed by atoms with Gasteiger partial charge in [0.05, 0.1) is 6.20 Å². The highest BCUT2D eigenvalue weighted by Gasteiger charge is 2.51. The van der Waals surface area contributed by atoms with Crippen LogP contribution < -0.4 is 5.73 Å². The van der Waals surface area contributed by atoms with Crippen molar-refractivity contribution in [3.63, 3.8) is 0 Å². The van der Waals surface area contributed by atoms with Gasteiger partial charge in [0.15, 0.2) is 5.60 Å². The first-order chi connectivity index (χ1) is 10.3. The highest BCUT2D eigenvalue weighted by molar-refractivity contribution is 5.66. The molecule has 0 aliphatic carbocycles. The standard InChI is InChI=1S/C16H20N4O2/c1-11-7-5-6-8-12(11)16(15(2,3)4,22-14(17)21)13-9-10-18-20-19-13/h5-10H,1-4H3,(H2,17,21). The molecule has 1 amide bonds. The van der Waals surface area contributed by atoms with Crippen LogP contribution in [0.1, 0.15) is 37.6 Å². The Bertz CT molecular complexity index is 667. The van der Waals surface area contributed by atoms with Crippen molar-refractivity contribution in [1.29, 1.82) is 0 Å². The Balaban J connectivity index is 2.83. The van der Waals surface area contributed by atoms with E-state index >= 15 is 0 Å². The van der Waals surface area contributed by atoms with Crippen LogP contribution in [0.4, 0.5) is 4.79 Å². The molecule has 1 atom stereocenters.